The summed E-state index contributed by atoms with van der Waals surface area (Å²) in [4.78, 5) is 26.3. The van der Waals surface area contributed by atoms with Crippen LogP contribution in [0.5, 0.6) is 0 Å². The van der Waals surface area contributed by atoms with E-state index in [4.69, 9.17) is 0 Å². The van der Waals surface area contributed by atoms with Crippen LogP contribution in [0.15, 0.2) is 17.3 Å². The summed E-state index contributed by atoms with van der Waals surface area (Å²) in [5, 5.41) is 0. The molecule has 0 amide bonds. The molecule has 0 radical (unpaired) electrons. The third kappa shape index (κ3) is 2.61. The van der Waals surface area contributed by atoms with Crippen LogP contribution in [0.3, 0.4) is 0 Å². The van der Waals surface area contributed by atoms with Gasteiger partial charge in [0, 0.05) is 12.6 Å². The quantitative estimate of drug-likeness (QED) is 0.775. The average molecular weight is 292 g/mol. The van der Waals surface area contributed by atoms with Gasteiger partial charge < -0.3 is 0 Å². The summed E-state index contributed by atoms with van der Waals surface area (Å²) >= 11 is 1.90. The van der Waals surface area contributed by atoms with Crippen LogP contribution in [-0.4, -0.2) is 15.3 Å². The van der Waals surface area contributed by atoms with Crippen molar-refractivity contribution in [3.05, 3.63) is 26.4 Å². The molecule has 0 aliphatic heterocycles. The van der Waals surface area contributed by atoms with Gasteiger partial charge in [0.1, 0.15) is 0 Å². The maximum absolute atomic E-state index is 11.4. The van der Waals surface area contributed by atoms with Crippen LogP contribution in [0.4, 0.5) is 0 Å². The molecular weight excluding hydrogens is 283 g/mol. The van der Waals surface area contributed by atoms with Gasteiger partial charge in [0.2, 0.25) is 0 Å². The van der Waals surface area contributed by atoms with Crippen LogP contribution in [0, 0.1) is 3.57 Å². The van der Waals surface area contributed by atoms with Crippen molar-refractivity contribution in [3.8, 4) is 0 Å². The van der Waals surface area contributed by atoms with Crippen LogP contribution >= 0.6 is 22.6 Å². The third-order valence-electron chi connectivity index (χ3n) is 1.60. The van der Waals surface area contributed by atoms with Gasteiger partial charge >= 0.3 is 0 Å². The molecule has 70 valence electrons. The Morgan fingerprint density at radius 3 is 3.00 bits per heavy atom. The Bertz CT molecular complexity index is 373. The van der Waals surface area contributed by atoms with Gasteiger partial charge in [-0.15, -0.1) is 0 Å². The van der Waals surface area contributed by atoms with E-state index in [2.05, 4.69) is 4.98 Å². The molecule has 0 aliphatic rings. The van der Waals surface area contributed by atoms with E-state index in [0.29, 0.717) is 9.99 Å². The number of carbonyl (C=O) groups is 1. The summed E-state index contributed by atoms with van der Waals surface area (Å²) in [5.74, 6) is 0.0332. The first-order chi connectivity index (χ1) is 6.15. The molecule has 4 nitrogen and oxygen atoms in total. The molecule has 0 unspecified atom stereocenters. The molecule has 0 atom stereocenters. The standard InChI is InChI=1S/C8H9IN2O2/c1-2-6(12)4-11-5-10-3-7(9)8(11)13/h3,5H,2,4H2,1H3. The van der Waals surface area contributed by atoms with Crippen LogP contribution in [-0.2, 0) is 11.3 Å². The molecule has 0 aliphatic carbocycles. The van der Waals surface area contributed by atoms with Crippen molar-refractivity contribution in [2.24, 2.45) is 0 Å². The molecular formula is C8H9IN2O2. The maximum Gasteiger partial charge on any atom is 0.267 e. The molecule has 1 rings (SSSR count). The fourth-order valence-electron chi connectivity index (χ4n) is 0.839. The fourth-order valence-corrected chi connectivity index (χ4v) is 1.31. The lowest BCUT2D eigenvalue weighted by Crippen LogP contribution is -2.25. The number of ketones is 1. The van der Waals surface area contributed by atoms with Gasteiger partial charge in [-0.2, -0.15) is 0 Å². The number of rotatable bonds is 3. The Morgan fingerprint density at radius 2 is 2.38 bits per heavy atom. The zero-order valence-corrected chi connectivity index (χ0v) is 9.32. The highest BCUT2D eigenvalue weighted by Gasteiger charge is 2.04. The zero-order chi connectivity index (χ0) is 9.84. The molecule has 0 saturated heterocycles. The first kappa shape index (κ1) is 10.4. The van der Waals surface area contributed by atoms with E-state index in [-0.39, 0.29) is 17.9 Å². The van der Waals surface area contributed by atoms with E-state index in [0.717, 1.165) is 0 Å². The molecule has 0 fully saturated rings. The van der Waals surface area contributed by atoms with Crippen LogP contribution in [0.2, 0.25) is 0 Å². The summed E-state index contributed by atoms with van der Waals surface area (Å²) < 4.78 is 1.86. The summed E-state index contributed by atoms with van der Waals surface area (Å²) in [5.41, 5.74) is -0.155. The van der Waals surface area contributed by atoms with Crippen molar-refractivity contribution in [1.82, 2.24) is 9.55 Å². The molecule has 0 aromatic carbocycles. The van der Waals surface area contributed by atoms with Crippen molar-refractivity contribution in [3.63, 3.8) is 0 Å². The highest BCUT2D eigenvalue weighted by atomic mass is 127. The minimum absolute atomic E-state index is 0.0332. The molecule has 1 heterocycles. The predicted octanol–water partition coefficient (Wildman–Crippen LogP) is 0.827. The Morgan fingerprint density at radius 1 is 1.69 bits per heavy atom. The normalized spacial score (nSPS) is 10.0. The van der Waals surface area contributed by atoms with Gasteiger partial charge in [0.05, 0.1) is 16.4 Å². The summed E-state index contributed by atoms with van der Waals surface area (Å²) in [6, 6.07) is 0. The minimum Gasteiger partial charge on any atom is -0.298 e. The molecule has 13 heavy (non-hydrogen) atoms. The van der Waals surface area contributed by atoms with Crippen LogP contribution < -0.4 is 5.56 Å². The summed E-state index contributed by atoms with van der Waals surface area (Å²) in [7, 11) is 0. The first-order valence-corrected chi connectivity index (χ1v) is 4.94. The van der Waals surface area contributed by atoms with Crippen molar-refractivity contribution in [1.29, 1.82) is 0 Å². The monoisotopic (exact) mass is 292 g/mol. The topological polar surface area (TPSA) is 52.0 Å². The number of Topliss-reactive ketones (excluding diaryl/α,β-unsaturated/α-hetero) is 1. The molecule has 5 heteroatoms. The maximum atomic E-state index is 11.4. The van der Waals surface area contributed by atoms with E-state index in [1.54, 1.807) is 6.92 Å². The van der Waals surface area contributed by atoms with Gasteiger partial charge in [-0.05, 0) is 22.6 Å². The molecule has 1 aromatic rings. The Kier molecular flexibility index (Phi) is 3.58. The van der Waals surface area contributed by atoms with E-state index >= 15 is 0 Å². The highest BCUT2D eigenvalue weighted by Crippen LogP contribution is 1.93. The minimum atomic E-state index is -0.155. The van der Waals surface area contributed by atoms with Crippen molar-refractivity contribution >= 4 is 28.4 Å². The van der Waals surface area contributed by atoms with E-state index in [1.807, 2.05) is 22.6 Å². The lowest BCUT2D eigenvalue weighted by molar-refractivity contribution is -0.119. The second-order valence-electron chi connectivity index (χ2n) is 2.57. The molecule has 0 bridgehead atoms. The summed E-state index contributed by atoms with van der Waals surface area (Å²) in [6.07, 6.45) is 3.31. The number of hydrogen-bond acceptors (Lipinski definition) is 3. The van der Waals surface area contributed by atoms with Crippen molar-refractivity contribution in [2.75, 3.05) is 0 Å². The van der Waals surface area contributed by atoms with E-state index in [1.165, 1.54) is 17.1 Å². The van der Waals surface area contributed by atoms with Gasteiger partial charge in [-0.25, -0.2) is 4.98 Å². The van der Waals surface area contributed by atoms with E-state index < -0.39 is 0 Å². The number of aromatic nitrogens is 2. The zero-order valence-electron chi connectivity index (χ0n) is 7.16. The Balaban J connectivity index is 2.96. The highest BCUT2D eigenvalue weighted by molar-refractivity contribution is 14.1. The van der Waals surface area contributed by atoms with Crippen molar-refractivity contribution < 1.29 is 4.79 Å². The first-order valence-electron chi connectivity index (χ1n) is 3.86. The van der Waals surface area contributed by atoms with Gasteiger partial charge in [-0.1, -0.05) is 6.92 Å². The third-order valence-corrected chi connectivity index (χ3v) is 2.34. The SMILES string of the molecule is CCC(=O)Cn1cncc(I)c1=O. The largest absolute Gasteiger partial charge is 0.298 e. The Labute approximate surface area is 89.1 Å². The fraction of sp³-hybridized carbons (Fsp3) is 0.375. The van der Waals surface area contributed by atoms with E-state index in [9.17, 15) is 9.59 Å². The Hall–Kier alpha value is -0.720. The number of hydrogen-bond donors (Lipinski definition) is 0. The molecule has 1 aromatic heterocycles. The second-order valence-corrected chi connectivity index (χ2v) is 3.73. The van der Waals surface area contributed by atoms with Gasteiger partial charge in [0.15, 0.2) is 5.78 Å². The number of nitrogens with zero attached hydrogens (tertiary/aromatic N) is 2. The lowest BCUT2D eigenvalue weighted by Gasteiger charge is -2.02. The molecule has 0 spiro atoms. The van der Waals surface area contributed by atoms with Gasteiger partial charge in [0.25, 0.3) is 5.56 Å². The summed E-state index contributed by atoms with van der Waals surface area (Å²) in [6.45, 7) is 1.90. The number of halogens is 1. The van der Waals surface area contributed by atoms with Gasteiger partial charge in [-0.3, -0.25) is 14.2 Å². The molecule has 0 N–H and O–H groups in total. The molecule has 0 saturated carbocycles. The second kappa shape index (κ2) is 4.50. The average Bonchev–Trinajstić information content (AvgIpc) is 2.13. The predicted molar refractivity (Wildman–Crippen MR) is 56.5 cm³/mol. The van der Waals surface area contributed by atoms with Crippen molar-refractivity contribution in [2.45, 2.75) is 19.9 Å². The smallest absolute Gasteiger partial charge is 0.267 e. The number of carbonyl (C=O) groups excluding carboxylic acids is 1. The van der Waals surface area contributed by atoms with Crippen LogP contribution in [0.1, 0.15) is 13.3 Å². The van der Waals surface area contributed by atoms with Crippen LogP contribution in [0.25, 0.3) is 0 Å². The lowest BCUT2D eigenvalue weighted by atomic mass is 10.3.